The Bertz CT molecular complexity index is 617. The van der Waals surface area contributed by atoms with Crippen LogP contribution >= 0.6 is 0 Å². The van der Waals surface area contributed by atoms with Crippen LogP contribution in [0, 0.1) is 5.82 Å². The summed E-state index contributed by atoms with van der Waals surface area (Å²) < 4.78 is 40.8. The topological polar surface area (TPSA) is 98.5 Å². The summed E-state index contributed by atoms with van der Waals surface area (Å²) in [6.45, 7) is 4.54. The quantitative estimate of drug-likeness (QED) is 0.547. The molecule has 0 fully saturated rings. The molecule has 1 rings (SSSR count). The molecule has 0 radical (unpaired) electrons. The highest BCUT2D eigenvalue weighted by Gasteiger charge is 2.14. The number of ether oxygens (including phenoxy) is 1. The van der Waals surface area contributed by atoms with Gasteiger partial charge in [-0.25, -0.2) is 17.9 Å². The molecule has 1 aromatic rings. The summed E-state index contributed by atoms with van der Waals surface area (Å²) in [6, 6.07) is 2.71. The highest BCUT2D eigenvalue weighted by molar-refractivity contribution is 7.89. The van der Waals surface area contributed by atoms with Gasteiger partial charge in [-0.15, -0.1) is 6.58 Å². The second-order valence-corrected chi connectivity index (χ2v) is 5.73. The number of sulfonamides is 1. The van der Waals surface area contributed by atoms with Crippen LogP contribution in [0.4, 0.5) is 4.39 Å². The van der Waals surface area contributed by atoms with Crippen LogP contribution in [0.2, 0.25) is 0 Å². The summed E-state index contributed by atoms with van der Waals surface area (Å²) in [5, 5.41) is 7.40. The predicted octanol–water partition coefficient (Wildman–Crippen LogP) is 0.796. The van der Waals surface area contributed by atoms with Crippen LogP contribution in [0.25, 0.3) is 0 Å². The third kappa shape index (κ3) is 6.03. The number of halogens is 1. The Morgan fingerprint density at radius 3 is 2.71 bits per heavy atom. The summed E-state index contributed by atoms with van der Waals surface area (Å²) in [5.74, 6) is -1.46. The fourth-order valence-electron chi connectivity index (χ4n) is 1.47. The van der Waals surface area contributed by atoms with Crippen molar-refractivity contribution in [1.82, 2.24) is 5.32 Å². The van der Waals surface area contributed by atoms with Crippen molar-refractivity contribution in [1.29, 1.82) is 0 Å². The van der Waals surface area contributed by atoms with E-state index in [1.807, 2.05) is 0 Å². The standard InChI is InChI=1S/C13H17FN2O4S/c1-2-3-5-20-6-4-16-13(17)10-7-11(14)9-12(8-10)21(15,18)19/h2,7-9H,1,3-6H2,(H,16,17)(H2,15,18,19). The second-order valence-electron chi connectivity index (χ2n) is 4.17. The lowest BCUT2D eigenvalue weighted by Crippen LogP contribution is -2.27. The Morgan fingerprint density at radius 2 is 2.10 bits per heavy atom. The predicted molar refractivity (Wildman–Crippen MR) is 75.7 cm³/mol. The van der Waals surface area contributed by atoms with Crippen molar-refractivity contribution >= 4 is 15.9 Å². The summed E-state index contributed by atoms with van der Waals surface area (Å²) in [7, 11) is -4.07. The number of nitrogens with two attached hydrogens (primary N) is 1. The van der Waals surface area contributed by atoms with Gasteiger partial charge in [0.05, 0.1) is 18.1 Å². The minimum Gasteiger partial charge on any atom is -0.379 e. The average molecular weight is 316 g/mol. The molecule has 0 atom stereocenters. The zero-order valence-electron chi connectivity index (χ0n) is 11.3. The maximum Gasteiger partial charge on any atom is 0.251 e. The van der Waals surface area contributed by atoms with Gasteiger partial charge in [0.25, 0.3) is 5.91 Å². The van der Waals surface area contributed by atoms with Gasteiger partial charge >= 0.3 is 0 Å². The molecule has 0 saturated carbocycles. The average Bonchev–Trinajstić information content (AvgIpc) is 2.40. The summed E-state index contributed by atoms with van der Waals surface area (Å²) in [5.41, 5.74) is -0.120. The van der Waals surface area contributed by atoms with E-state index in [1.54, 1.807) is 6.08 Å². The van der Waals surface area contributed by atoms with Gasteiger partial charge in [-0.3, -0.25) is 4.79 Å². The van der Waals surface area contributed by atoms with Gasteiger partial charge in [0.15, 0.2) is 0 Å². The molecule has 0 saturated heterocycles. The number of primary sulfonamides is 1. The van der Waals surface area contributed by atoms with Gasteiger partial charge < -0.3 is 10.1 Å². The zero-order chi connectivity index (χ0) is 15.9. The molecule has 1 amide bonds. The first-order valence-electron chi connectivity index (χ1n) is 6.15. The van der Waals surface area contributed by atoms with Gasteiger partial charge in [-0.1, -0.05) is 6.08 Å². The van der Waals surface area contributed by atoms with Crippen LogP contribution in [0.3, 0.4) is 0 Å². The number of rotatable bonds is 8. The van der Waals surface area contributed by atoms with Crippen molar-refractivity contribution in [2.24, 2.45) is 5.14 Å². The Kier molecular flexibility index (Phi) is 6.47. The van der Waals surface area contributed by atoms with E-state index in [1.165, 1.54) is 0 Å². The molecule has 0 aromatic heterocycles. The Morgan fingerprint density at radius 1 is 1.38 bits per heavy atom. The van der Waals surface area contributed by atoms with Crippen LogP contribution in [-0.4, -0.2) is 34.1 Å². The smallest absolute Gasteiger partial charge is 0.251 e. The number of nitrogens with one attached hydrogen (secondary N) is 1. The van der Waals surface area contributed by atoms with Crippen LogP contribution in [0.15, 0.2) is 35.7 Å². The van der Waals surface area contributed by atoms with Crippen molar-refractivity contribution in [3.8, 4) is 0 Å². The summed E-state index contributed by atoms with van der Waals surface area (Å²) in [6.07, 6.45) is 2.41. The van der Waals surface area contributed by atoms with Crippen LogP contribution in [0.1, 0.15) is 16.8 Å². The van der Waals surface area contributed by atoms with Crippen LogP contribution in [0.5, 0.6) is 0 Å². The molecule has 8 heteroatoms. The fraction of sp³-hybridized carbons (Fsp3) is 0.308. The highest BCUT2D eigenvalue weighted by atomic mass is 32.2. The number of hydrogen-bond donors (Lipinski definition) is 2. The molecule has 0 aliphatic heterocycles. The third-order valence-corrected chi connectivity index (χ3v) is 3.35. The lowest BCUT2D eigenvalue weighted by molar-refractivity contribution is 0.0917. The molecule has 0 heterocycles. The lowest BCUT2D eigenvalue weighted by Gasteiger charge is -2.07. The normalized spacial score (nSPS) is 11.1. The number of benzene rings is 1. The molecule has 0 spiro atoms. The fourth-order valence-corrected chi connectivity index (χ4v) is 2.03. The summed E-state index contributed by atoms with van der Waals surface area (Å²) >= 11 is 0. The van der Waals surface area contributed by atoms with E-state index in [2.05, 4.69) is 11.9 Å². The first-order valence-corrected chi connectivity index (χ1v) is 7.69. The minimum absolute atomic E-state index is 0.120. The number of hydrogen-bond acceptors (Lipinski definition) is 4. The zero-order valence-corrected chi connectivity index (χ0v) is 12.2. The summed E-state index contributed by atoms with van der Waals surface area (Å²) in [4.78, 5) is 11.3. The van der Waals surface area contributed by atoms with E-state index >= 15 is 0 Å². The number of carbonyl (C=O) groups excluding carboxylic acids is 1. The molecule has 0 aliphatic rings. The molecule has 0 bridgehead atoms. The van der Waals surface area contributed by atoms with Crippen LogP contribution in [-0.2, 0) is 14.8 Å². The Balaban J connectivity index is 2.62. The molecule has 3 N–H and O–H groups in total. The lowest BCUT2D eigenvalue weighted by atomic mass is 10.2. The molecule has 6 nitrogen and oxygen atoms in total. The van der Waals surface area contributed by atoms with Crippen molar-refractivity contribution in [3.05, 3.63) is 42.2 Å². The maximum atomic E-state index is 13.3. The van der Waals surface area contributed by atoms with Crippen molar-refractivity contribution in [3.63, 3.8) is 0 Å². The third-order valence-electron chi connectivity index (χ3n) is 2.46. The molecule has 1 aromatic carbocycles. The van der Waals surface area contributed by atoms with Gasteiger partial charge in [0, 0.05) is 12.1 Å². The molecule has 116 valence electrons. The minimum atomic E-state index is -4.07. The van der Waals surface area contributed by atoms with E-state index in [9.17, 15) is 17.6 Å². The highest BCUT2D eigenvalue weighted by Crippen LogP contribution is 2.13. The maximum absolute atomic E-state index is 13.3. The van der Waals surface area contributed by atoms with E-state index < -0.39 is 26.6 Å². The van der Waals surface area contributed by atoms with E-state index in [0.717, 1.165) is 18.2 Å². The molecular weight excluding hydrogens is 299 g/mol. The van der Waals surface area contributed by atoms with Crippen molar-refractivity contribution in [2.45, 2.75) is 11.3 Å². The van der Waals surface area contributed by atoms with Gasteiger partial charge in [0.1, 0.15) is 5.82 Å². The monoisotopic (exact) mass is 316 g/mol. The van der Waals surface area contributed by atoms with Crippen LogP contribution < -0.4 is 10.5 Å². The Labute approximate surface area is 122 Å². The van der Waals surface area contributed by atoms with Crippen molar-refractivity contribution in [2.75, 3.05) is 19.8 Å². The second kappa shape index (κ2) is 7.87. The van der Waals surface area contributed by atoms with E-state index in [4.69, 9.17) is 9.88 Å². The number of carbonyl (C=O) groups is 1. The molecular formula is C13H17FN2O4S. The molecule has 21 heavy (non-hydrogen) atoms. The van der Waals surface area contributed by atoms with Gasteiger partial charge in [-0.2, -0.15) is 0 Å². The SMILES string of the molecule is C=CCCOCCNC(=O)c1cc(F)cc(S(N)(=O)=O)c1. The molecule has 0 aliphatic carbocycles. The van der Waals surface area contributed by atoms with Crippen molar-refractivity contribution < 1.29 is 22.3 Å². The largest absolute Gasteiger partial charge is 0.379 e. The molecule has 0 unspecified atom stereocenters. The first-order chi connectivity index (χ1) is 9.84. The Hall–Kier alpha value is -1.77. The van der Waals surface area contributed by atoms with E-state index in [-0.39, 0.29) is 18.7 Å². The van der Waals surface area contributed by atoms with E-state index in [0.29, 0.717) is 13.0 Å². The van der Waals surface area contributed by atoms with Gasteiger partial charge in [-0.05, 0) is 24.6 Å². The number of amides is 1. The van der Waals surface area contributed by atoms with Gasteiger partial charge in [0.2, 0.25) is 10.0 Å². The first kappa shape index (κ1) is 17.3.